The first-order valence-electron chi connectivity index (χ1n) is 5.67. The molecule has 0 heterocycles. The van der Waals surface area contributed by atoms with E-state index in [1.807, 2.05) is 0 Å². The lowest BCUT2D eigenvalue weighted by Crippen LogP contribution is -2.04. The molecule has 0 bridgehead atoms. The number of nitro groups is 1. The molecule has 0 amide bonds. The van der Waals surface area contributed by atoms with Crippen molar-refractivity contribution in [3.05, 3.63) is 33.3 Å². The van der Waals surface area contributed by atoms with Crippen LogP contribution in [-0.4, -0.2) is 17.4 Å². The van der Waals surface area contributed by atoms with E-state index < -0.39 is 4.92 Å². The van der Waals surface area contributed by atoms with E-state index in [-0.39, 0.29) is 10.7 Å². The second-order valence-electron chi connectivity index (χ2n) is 4.09. The van der Waals surface area contributed by atoms with Gasteiger partial charge in [-0.1, -0.05) is 18.5 Å². The molecule has 0 aliphatic heterocycles. The maximum absolute atomic E-state index is 10.6. The zero-order chi connectivity index (χ0) is 13.5. The maximum atomic E-state index is 10.6. The van der Waals surface area contributed by atoms with Crippen LogP contribution in [0, 0.1) is 16.0 Å². The van der Waals surface area contributed by atoms with Crippen molar-refractivity contribution in [1.29, 1.82) is 0 Å². The first kappa shape index (κ1) is 15.1. The first-order chi connectivity index (χ1) is 8.54. The number of hydrogen-bond donors (Lipinski definition) is 0. The summed E-state index contributed by atoms with van der Waals surface area (Å²) in [6.07, 6.45) is 1.84. The summed E-state index contributed by atoms with van der Waals surface area (Å²) in [4.78, 5) is 10.1. The van der Waals surface area contributed by atoms with Gasteiger partial charge in [0.2, 0.25) is 0 Å². The van der Waals surface area contributed by atoms with E-state index >= 15 is 0 Å². The van der Waals surface area contributed by atoms with Crippen LogP contribution in [0.2, 0.25) is 5.02 Å². The third-order valence-corrected chi connectivity index (χ3v) is 3.12. The molecule has 1 aromatic carbocycles. The molecule has 18 heavy (non-hydrogen) atoms. The highest BCUT2D eigenvalue weighted by Gasteiger charge is 2.12. The number of benzene rings is 1. The Morgan fingerprint density at radius 3 is 2.72 bits per heavy atom. The number of halogens is 2. The predicted octanol–water partition coefficient (Wildman–Crippen LogP) is 4.28. The molecule has 0 aliphatic carbocycles. The molecule has 0 saturated carbocycles. The first-order valence-corrected chi connectivity index (χ1v) is 6.58. The quantitative estimate of drug-likeness (QED) is 0.428. The highest BCUT2D eigenvalue weighted by Crippen LogP contribution is 2.28. The van der Waals surface area contributed by atoms with Crippen molar-refractivity contribution in [2.45, 2.75) is 19.8 Å². The topological polar surface area (TPSA) is 52.4 Å². The van der Waals surface area contributed by atoms with Gasteiger partial charge in [0.05, 0.1) is 11.5 Å². The van der Waals surface area contributed by atoms with Gasteiger partial charge in [-0.05, 0) is 24.8 Å². The molecule has 1 atom stereocenters. The van der Waals surface area contributed by atoms with Crippen LogP contribution in [0.15, 0.2) is 18.2 Å². The highest BCUT2D eigenvalue weighted by molar-refractivity contribution is 6.32. The van der Waals surface area contributed by atoms with Gasteiger partial charge in [-0.3, -0.25) is 10.1 Å². The summed E-state index contributed by atoms with van der Waals surface area (Å²) in [6.45, 7) is 2.65. The predicted molar refractivity (Wildman–Crippen MR) is 72.7 cm³/mol. The molecule has 1 aromatic rings. The molecule has 1 rings (SSSR count). The summed E-state index contributed by atoms with van der Waals surface area (Å²) in [6, 6.07) is 4.36. The molecular weight excluding hydrogens is 277 g/mol. The number of alkyl halides is 1. The summed E-state index contributed by atoms with van der Waals surface area (Å²) in [5, 5.41) is 10.7. The number of rotatable bonds is 7. The van der Waals surface area contributed by atoms with E-state index in [1.54, 1.807) is 6.07 Å². The average molecular weight is 292 g/mol. The van der Waals surface area contributed by atoms with Gasteiger partial charge in [0.1, 0.15) is 10.8 Å². The Morgan fingerprint density at radius 2 is 2.17 bits per heavy atom. The Balaban J connectivity index is 2.49. The number of nitrogens with zero attached hydrogens (tertiary/aromatic N) is 1. The third-order valence-electron chi connectivity index (χ3n) is 2.60. The molecule has 6 heteroatoms. The van der Waals surface area contributed by atoms with Crippen molar-refractivity contribution >= 4 is 28.9 Å². The molecule has 0 saturated heterocycles. The third kappa shape index (κ3) is 4.70. The van der Waals surface area contributed by atoms with Gasteiger partial charge < -0.3 is 4.74 Å². The Bertz CT molecular complexity index is 412. The largest absolute Gasteiger partial charge is 0.494 e. The molecule has 0 spiro atoms. The van der Waals surface area contributed by atoms with Gasteiger partial charge in [0.25, 0.3) is 5.69 Å². The van der Waals surface area contributed by atoms with Crippen LogP contribution < -0.4 is 4.74 Å². The fourth-order valence-electron chi connectivity index (χ4n) is 1.43. The average Bonchev–Trinajstić information content (AvgIpc) is 2.29. The van der Waals surface area contributed by atoms with E-state index in [1.165, 1.54) is 12.1 Å². The Morgan fingerprint density at radius 1 is 1.44 bits per heavy atom. The van der Waals surface area contributed by atoms with E-state index in [0.717, 1.165) is 12.8 Å². The minimum atomic E-state index is -0.519. The Hall–Kier alpha value is -1.00. The molecular formula is C12H15Cl2NO3. The van der Waals surface area contributed by atoms with E-state index in [4.69, 9.17) is 27.9 Å². The summed E-state index contributed by atoms with van der Waals surface area (Å²) >= 11 is 11.4. The second kappa shape index (κ2) is 7.44. The summed E-state index contributed by atoms with van der Waals surface area (Å²) in [5.74, 6) is 1.68. The van der Waals surface area contributed by atoms with Crippen LogP contribution in [0.1, 0.15) is 19.8 Å². The van der Waals surface area contributed by atoms with Crippen molar-refractivity contribution in [3.8, 4) is 5.75 Å². The van der Waals surface area contributed by atoms with Crippen molar-refractivity contribution in [2.75, 3.05) is 12.5 Å². The van der Waals surface area contributed by atoms with Crippen LogP contribution in [0.3, 0.4) is 0 Å². The van der Waals surface area contributed by atoms with Crippen LogP contribution >= 0.6 is 23.2 Å². The lowest BCUT2D eigenvalue weighted by atomic mass is 10.1. The fraction of sp³-hybridized carbons (Fsp3) is 0.500. The summed E-state index contributed by atoms with van der Waals surface area (Å²) in [5.41, 5.74) is -0.112. The molecule has 4 nitrogen and oxygen atoms in total. The molecule has 1 unspecified atom stereocenters. The molecule has 0 aromatic heterocycles. The lowest BCUT2D eigenvalue weighted by Gasteiger charge is -2.10. The minimum absolute atomic E-state index is 0.0892. The zero-order valence-corrected chi connectivity index (χ0v) is 11.6. The number of nitro benzene ring substituents is 1. The van der Waals surface area contributed by atoms with Crippen molar-refractivity contribution in [3.63, 3.8) is 0 Å². The van der Waals surface area contributed by atoms with Crippen LogP contribution in [0.5, 0.6) is 5.75 Å². The van der Waals surface area contributed by atoms with Crippen molar-refractivity contribution < 1.29 is 9.66 Å². The molecule has 100 valence electrons. The molecule has 0 radical (unpaired) electrons. The smallest absolute Gasteiger partial charge is 0.288 e. The maximum Gasteiger partial charge on any atom is 0.288 e. The Labute approximate surface area is 116 Å². The van der Waals surface area contributed by atoms with E-state index in [0.29, 0.717) is 24.2 Å². The molecule has 0 aliphatic rings. The monoisotopic (exact) mass is 291 g/mol. The van der Waals surface area contributed by atoms with Gasteiger partial charge in [0.15, 0.2) is 0 Å². The lowest BCUT2D eigenvalue weighted by molar-refractivity contribution is -0.384. The highest BCUT2D eigenvalue weighted by atomic mass is 35.5. The van der Waals surface area contributed by atoms with Crippen LogP contribution in [0.4, 0.5) is 5.69 Å². The SMILES string of the molecule is CC(CCCl)CCOc1ccc([N+](=O)[O-])c(Cl)c1. The normalized spacial score (nSPS) is 12.2. The van der Waals surface area contributed by atoms with Gasteiger partial charge in [-0.25, -0.2) is 0 Å². The van der Waals surface area contributed by atoms with Gasteiger partial charge >= 0.3 is 0 Å². The van der Waals surface area contributed by atoms with E-state index in [2.05, 4.69) is 6.92 Å². The number of hydrogen-bond acceptors (Lipinski definition) is 3. The van der Waals surface area contributed by atoms with Gasteiger partial charge in [-0.15, -0.1) is 11.6 Å². The van der Waals surface area contributed by atoms with Gasteiger partial charge in [0, 0.05) is 18.0 Å². The number of ether oxygens (including phenoxy) is 1. The minimum Gasteiger partial charge on any atom is -0.494 e. The van der Waals surface area contributed by atoms with Crippen molar-refractivity contribution in [2.24, 2.45) is 5.92 Å². The molecule has 0 N–H and O–H groups in total. The van der Waals surface area contributed by atoms with E-state index in [9.17, 15) is 10.1 Å². The zero-order valence-electron chi connectivity index (χ0n) is 10.1. The standard InChI is InChI=1S/C12H15Cl2NO3/c1-9(4-6-13)5-7-18-10-2-3-12(15(16)17)11(14)8-10/h2-3,8-9H,4-7H2,1H3. The Kier molecular flexibility index (Phi) is 6.22. The summed E-state index contributed by atoms with van der Waals surface area (Å²) in [7, 11) is 0. The van der Waals surface area contributed by atoms with Crippen molar-refractivity contribution in [1.82, 2.24) is 0 Å². The van der Waals surface area contributed by atoms with Crippen LogP contribution in [-0.2, 0) is 0 Å². The van der Waals surface area contributed by atoms with Gasteiger partial charge in [-0.2, -0.15) is 0 Å². The van der Waals surface area contributed by atoms with Crippen LogP contribution in [0.25, 0.3) is 0 Å². The molecule has 0 fully saturated rings. The second-order valence-corrected chi connectivity index (χ2v) is 4.88. The summed E-state index contributed by atoms with van der Waals surface area (Å²) < 4.78 is 5.49. The fourth-order valence-corrected chi connectivity index (χ4v) is 2.05.